The minimum Gasteiger partial charge on any atom is -0.485 e. The Morgan fingerprint density at radius 1 is 1.02 bits per heavy atom. The lowest BCUT2D eigenvalue weighted by molar-refractivity contribution is -0.137. The molecule has 3 aromatic carbocycles. The first-order valence-corrected chi connectivity index (χ1v) is 14.7. The molecule has 0 saturated heterocycles. The summed E-state index contributed by atoms with van der Waals surface area (Å²) in [7, 11) is 1.50. The number of benzene rings is 3. The molecule has 0 saturated carbocycles. The van der Waals surface area contributed by atoms with Gasteiger partial charge in [0, 0.05) is 37.0 Å². The van der Waals surface area contributed by atoms with Crippen LogP contribution in [0.4, 0.5) is 39.8 Å². The standard InChI is InChI=1S/C32H34F3N5O7/c1-18-14-40(19(2)16-41)29(42)23-5-4-6-24(38-30(43)36-22-11-12-25-26(13-22)46-17-45-25)28(23)47-27(18)15-39(3)31(44)37-21-9-7-20(8-10-21)32(33,34)35/h4-13,18-19,27,41H,14-17H2,1-3H3,(H,37,44)(H2,36,38,43)/t18-,19-,27-/m0/s1. The van der Waals surface area contributed by atoms with Gasteiger partial charge in [-0.15, -0.1) is 0 Å². The third-order valence-electron chi connectivity index (χ3n) is 7.83. The normalized spacial score (nSPS) is 17.9. The maximum Gasteiger partial charge on any atom is 0.416 e. The number of hydrogen-bond donors (Lipinski definition) is 4. The van der Waals surface area contributed by atoms with E-state index in [-0.39, 0.29) is 55.1 Å². The van der Waals surface area contributed by atoms with E-state index in [0.717, 1.165) is 24.3 Å². The number of ether oxygens (including phenoxy) is 3. The van der Waals surface area contributed by atoms with Crippen LogP contribution < -0.4 is 30.2 Å². The molecule has 0 radical (unpaired) electrons. The number of likely N-dealkylation sites (N-methyl/N-ethyl adjacent to an activating group) is 1. The minimum absolute atomic E-state index is 0.000336. The molecule has 3 atom stereocenters. The van der Waals surface area contributed by atoms with Gasteiger partial charge in [0.05, 0.1) is 36.0 Å². The second kappa shape index (κ2) is 13.7. The summed E-state index contributed by atoms with van der Waals surface area (Å²) in [5, 5.41) is 17.9. The van der Waals surface area contributed by atoms with Gasteiger partial charge in [-0.2, -0.15) is 13.2 Å². The van der Waals surface area contributed by atoms with Gasteiger partial charge in [0.25, 0.3) is 5.91 Å². The summed E-state index contributed by atoms with van der Waals surface area (Å²) in [6, 6.07) is 11.9. The summed E-state index contributed by atoms with van der Waals surface area (Å²) in [4.78, 5) is 42.7. The third-order valence-corrected chi connectivity index (χ3v) is 7.83. The first kappa shape index (κ1) is 33.2. The number of halogens is 3. The van der Waals surface area contributed by atoms with Crippen LogP contribution in [-0.4, -0.2) is 78.6 Å². The highest BCUT2D eigenvalue weighted by Crippen LogP contribution is 2.37. The highest BCUT2D eigenvalue weighted by atomic mass is 19.4. The van der Waals surface area contributed by atoms with Crippen LogP contribution in [0.2, 0.25) is 0 Å². The predicted molar refractivity (Wildman–Crippen MR) is 166 cm³/mol. The number of carbonyl (C=O) groups is 3. The van der Waals surface area contributed by atoms with Gasteiger partial charge >= 0.3 is 18.2 Å². The van der Waals surface area contributed by atoms with Crippen LogP contribution in [0, 0.1) is 5.92 Å². The molecular weight excluding hydrogens is 623 g/mol. The number of nitrogens with one attached hydrogen (secondary N) is 3. The molecule has 250 valence electrons. The molecule has 4 N–H and O–H groups in total. The molecule has 12 nitrogen and oxygen atoms in total. The SMILES string of the molecule is C[C@H]1CN([C@@H](C)CO)C(=O)c2cccc(NC(=O)Nc3ccc4c(c3)OCO4)c2O[C@H]1CN(C)C(=O)Nc1ccc(C(F)(F)F)cc1. The van der Waals surface area contributed by atoms with Crippen molar-refractivity contribution in [1.82, 2.24) is 9.80 Å². The van der Waals surface area contributed by atoms with Crippen LogP contribution in [0.1, 0.15) is 29.8 Å². The first-order chi connectivity index (χ1) is 22.3. The van der Waals surface area contributed by atoms with E-state index < -0.39 is 41.9 Å². The van der Waals surface area contributed by atoms with Crippen LogP contribution in [0.25, 0.3) is 0 Å². The van der Waals surface area contributed by atoms with Crippen molar-refractivity contribution in [3.8, 4) is 17.2 Å². The van der Waals surface area contributed by atoms with E-state index in [0.29, 0.717) is 17.2 Å². The Morgan fingerprint density at radius 2 is 1.72 bits per heavy atom. The molecule has 2 aliphatic heterocycles. The molecule has 0 unspecified atom stereocenters. The average Bonchev–Trinajstić information content (AvgIpc) is 3.50. The van der Waals surface area contributed by atoms with Gasteiger partial charge in [-0.05, 0) is 55.5 Å². The van der Waals surface area contributed by atoms with Gasteiger partial charge in [-0.25, -0.2) is 9.59 Å². The Balaban J connectivity index is 1.37. The Labute approximate surface area is 268 Å². The molecule has 5 rings (SSSR count). The van der Waals surface area contributed by atoms with E-state index in [1.54, 1.807) is 43.3 Å². The van der Waals surface area contributed by atoms with Crippen molar-refractivity contribution in [1.29, 1.82) is 0 Å². The number of aliphatic hydroxyl groups excluding tert-OH is 1. The number of fused-ring (bicyclic) bond motifs is 2. The largest absolute Gasteiger partial charge is 0.485 e. The summed E-state index contributed by atoms with van der Waals surface area (Å²) in [6.07, 6.45) is -5.23. The van der Waals surface area contributed by atoms with E-state index in [9.17, 15) is 32.7 Å². The zero-order valence-corrected chi connectivity index (χ0v) is 25.8. The molecule has 47 heavy (non-hydrogen) atoms. The molecule has 15 heteroatoms. The van der Waals surface area contributed by atoms with E-state index in [2.05, 4.69) is 16.0 Å². The fraction of sp³-hybridized carbons (Fsp3) is 0.344. The molecule has 0 spiro atoms. The fourth-order valence-electron chi connectivity index (χ4n) is 5.13. The van der Waals surface area contributed by atoms with Crippen molar-refractivity contribution >= 4 is 35.0 Å². The monoisotopic (exact) mass is 657 g/mol. The number of carbonyl (C=O) groups excluding carboxylic acids is 3. The van der Waals surface area contributed by atoms with Crippen molar-refractivity contribution in [2.45, 2.75) is 32.2 Å². The average molecular weight is 658 g/mol. The Hall–Kier alpha value is -5.18. The second-order valence-electron chi connectivity index (χ2n) is 11.3. The summed E-state index contributed by atoms with van der Waals surface area (Å²) in [5.74, 6) is 0.301. The molecule has 0 bridgehead atoms. The van der Waals surface area contributed by atoms with Gasteiger partial charge in [-0.3, -0.25) is 4.79 Å². The topological polar surface area (TPSA) is 142 Å². The minimum atomic E-state index is -4.51. The number of anilines is 3. The van der Waals surface area contributed by atoms with Crippen molar-refractivity contribution in [2.24, 2.45) is 5.92 Å². The lowest BCUT2D eigenvalue weighted by Crippen LogP contribution is -2.50. The zero-order valence-electron chi connectivity index (χ0n) is 25.8. The van der Waals surface area contributed by atoms with Gasteiger partial charge in [0.1, 0.15) is 6.10 Å². The van der Waals surface area contributed by atoms with Gasteiger partial charge in [-0.1, -0.05) is 13.0 Å². The second-order valence-corrected chi connectivity index (χ2v) is 11.3. The summed E-state index contributed by atoms with van der Waals surface area (Å²) in [5.41, 5.74) is 0.0732. The van der Waals surface area contributed by atoms with Crippen LogP contribution in [0.5, 0.6) is 17.2 Å². The molecule has 3 aromatic rings. The van der Waals surface area contributed by atoms with Crippen LogP contribution in [-0.2, 0) is 6.18 Å². The first-order valence-electron chi connectivity index (χ1n) is 14.7. The lowest BCUT2D eigenvalue weighted by atomic mass is 9.99. The molecule has 0 aliphatic carbocycles. The van der Waals surface area contributed by atoms with Crippen molar-refractivity contribution < 1.29 is 46.9 Å². The molecule has 0 fully saturated rings. The van der Waals surface area contributed by atoms with Gasteiger partial charge in [0.2, 0.25) is 6.79 Å². The smallest absolute Gasteiger partial charge is 0.416 e. The number of nitrogens with zero attached hydrogens (tertiary/aromatic N) is 2. The Morgan fingerprint density at radius 3 is 2.43 bits per heavy atom. The highest BCUT2D eigenvalue weighted by molar-refractivity contribution is 6.04. The van der Waals surface area contributed by atoms with Crippen LogP contribution in [0.15, 0.2) is 60.7 Å². The number of amides is 5. The maximum absolute atomic E-state index is 13.7. The number of alkyl halides is 3. The maximum atomic E-state index is 13.7. The van der Waals surface area contributed by atoms with Crippen molar-refractivity contribution in [3.05, 3.63) is 71.8 Å². The number of rotatable bonds is 7. The van der Waals surface area contributed by atoms with Crippen molar-refractivity contribution in [3.63, 3.8) is 0 Å². The Kier molecular flexibility index (Phi) is 9.65. The molecule has 2 aliphatic rings. The van der Waals surface area contributed by atoms with Crippen LogP contribution >= 0.6 is 0 Å². The lowest BCUT2D eigenvalue weighted by Gasteiger charge is -2.38. The zero-order chi connectivity index (χ0) is 33.9. The quantitative estimate of drug-likeness (QED) is 0.264. The van der Waals surface area contributed by atoms with E-state index in [4.69, 9.17) is 14.2 Å². The summed E-state index contributed by atoms with van der Waals surface area (Å²) < 4.78 is 55.9. The van der Waals surface area contributed by atoms with E-state index in [1.807, 2.05) is 6.92 Å². The molecular formula is C32H34F3N5O7. The van der Waals surface area contributed by atoms with Crippen molar-refractivity contribution in [2.75, 3.05) is 49.5 Å². The fourth-order valence-corrected chi connectivity index (χ4v) is 5.13. The predicted octanol–water partition coefficient (Wildman–Crippen LogP) is 5.46. The number of hydrogen-bond acceptors (Lipinski definition) is 7. The number of para-hydroxylation sites is 1. The van der Waals surface area contributed by atoms with Crippen LogP contribution in [0.3, 0.4) is 0 Å². The van der Waals surface area contributed by atoms with E-state index in [1.165, 1.54) is 16.8 Å². The van der Waals surface area contributed by atoms with E-state index >= 15 is 0 Å². The molecule has 5 amide bonds. The molecule has 0 aromatic heterocycles. The summed E-state index contributed by atoms with van der Waals surface area (Å²) in [6.45, 7) is 3.48. The number of aliphatic hydroxyl groups is 1. The summed E-state index contributed by atoms with van der Waals surface area (Å²) >= 11 is 0. The third kappa shape index (κ3) is 7.62. The highest BCUT2D eigenvalue weighted by Gasteiger charge is 2.35. The number of urea groups is 2. The van der Waals surface area contributed by atoms with Gasteiger partial charge < -0.3 is 45.1 Å². The van der Waals surface area contributed by atoms with Gasteiger partial charge in [0.15, 0.2) is 17.2 Å². The molecule has 2 heterocycles. The Bertz CT molecular complexity index is 1640.